The Morgan fingerprint density at radius 3 is 2.71 bits per heavy atom. The van der Waals surface area contributed by atoms with Gasteiger partial charge in [0.25, 0.3) is 0 Å². The summed E-state index contributed by atoms with van der Waals surface area (Å²) in [5.41, 5.74) is 1.10. The van der Waals surface area contributed by atoms with Gasteiger partial charge in [-0.2, -0.15) is 5.26 Å². The molecule has 0 heterocycles. The minimum Gasteiger partial charge on any atom is -0.396 e. The van der Waals surface area contributed by atoms with E-state index >= 15 is 0 Å². The van der Waals surface area contributed by atoms with Crippen molar-refractivity contribution in [3.8, 4) is 0 Å². The molecule has 0 amide bonds. The zero-order valence-electron chi connectivity index (χ0n) is 7.64. The highest BCUT2D eigenvalue weighted by molar-refractivity contribution is 5.90. The van der Waals surface area contributed by atoms with Crippen LogP contribution in [-0.2, 0) is 11.3 Å². The molecule has 14 heavy (non-hydrogen) atoms. The third-order valence-corrected chi connectivity index (χ3v) is 1.92. The van der Waals surface area contributed by atoms with Gasteiger partial charge in [0.05, 0.1) is 5.56 Å². The summed E-state index contributed by atoms with van der Waals surface area (Å²) in [7, 11) is 0. The molecule has 2 N–H and O–H groups in total. The third kappa shape index (κ3) is 2.55. The van der Waals surface area contributed by atoms with Gasteiger partial charge >= 0.3 is 5.97 Å². The van der Waals surface area contributed by atoms with Crippen LogP contribution < -0.4 is 0 Å². The van der Waals surface area contributed by atoms with Crippen LogP contribution in [0.25, 0.3) is 0 Å². The summed E-state index contributed by atoms with van der Waals surface area (Å²) in [6.07, 6.45) is 1.16. The maximum absolute atomic E-state index is 11.1. The molecule has 76 valence electrons. The highest BCUT2D eigenvalue weighted by Crippen LogP contribution is 2.11. The van der Waals surface area contributed by atoms with Crippen LogP contribution in [-0.4, -0.2) is 22.9 Å². The van der Waals surface area contributed by atoms with Crippen molar-refractivity contribution in [2.75, 3.05) is 6.61 Å². The summed E-state index contributed by atoms with van der Waals surface area (Å²) < 4.78 is 0. The number of aryl methyl sites for hydroxylation is 1. The third-order valence-electron chi connectivity index (χ3n) is 1.92. The van der Waals surface area contributed by atoms with Crippen LogP contribution in [0.1, 0.15) is 22.3 Å². The molecule has 0 saturated carbocycles. The summed E-state index contributed by atoms with van der Waals surface area (Å²) in [5, 5.41) is 16.9. The molecule has 0 aliphatic carbocycles. The Balaban J connectivity index is 2.85. The molecule has 4 heteroatoms. The van der Waals surface area contributed by atoms with Crippen LogP contribution in [0.3, 0.4) is 0 Å². The van der Waals surface area contributed by atoms with Gasteiger partial charge in [0.2, 0.25) is 0 Å². The number of aliphatic hydroxyl groups is 1. The van der Waals surface area contributed by atoms with Crippen molar-refractivity contribution >= 4 is 5.97 Å². The molecule has 0 unspecified atom stereocenters. The molecule has 0 radical (unpaired) electrons. The number of hydrogen-bond acceptors (Lipinski definition) is 4. The van der Waals surface area contributed by atoms with Gasteiger partial charge in [0, 0.05) is 6.61 Å². The zero-order valence-corrected chi connectivity index (χ0v) is 7.64. The van der Waals surface area contributed by atoms with E-state index in [0.29, 0.717) is 18.4 Å². The molecule has 0 atom stereocenters. The van der Waals surface area contributed by atoms with E-state index in [1.807, 2.05) is 0 Å². The maximum atomic E-state index is 11.1. The quantitative estimate of drug-likeness (QED) is 0.561. The van der Waals surface area contributed by atoms with Gasteiger partial charge in [-0.05, 0) is 24.5 Å². The molecule has 0 fully saturated rings. The number of benzene rings is 1. The minimum atomic E-state index is -0.765. The first kappa shape index (κ1) is 10.7. The number of aliphatic hydroxyl groups excluding tert-OH is 1. The molecular weight excluding hydrogens is 184 g/mol. The average molecular weight is 196 g/mol. The summed E-state index contributed by atoms with van der Waals surface area (Å²) in [4.78, 5) is 14.7. The van der Waals surface area contributed by atoms with Gasteiger partial charge in [0.1, 0.15) is 0 Å². The maximum Gasteiger partial charge on any atom is 0.373 e. The standard InChI is InChI=1S/C10H12O4/c11-7-3-5-8-4-1-2-6-9(8)10(12)14-13/h1-2,4,6,11,13H,3,5,7H2. The molecular formula is C10H12O4. The van der Waals surface area contributed by atoms with Gasteiger partial charge < -0.3 is 5.11 Å². The monoisotopic (exact) mass is 196 g/mol. The number of carbonyl (C=O) groups is 1. The van der Waals surface area contributed by atoms with Crippen molar-refractivity contribution in [1.29, 1.82) is 0 Å². The lowest BCUT2D eigenvalue weighted by Crippen LogP contribution is -2.06. The first-order chi connectivity index (χ1) is 6.79. The zero-order chi connectivity index (χ0) is 10.4. The normalized spacial score (nSPS) is 9.86. The first-order valence-electron chi connectivity index (χ1n) is 4.34. The van der Waals surface area contributed by atoms with Crippen LogP contribution in [0, 0.1) is 0 Å². The Labute approximate surface area is 81.7 Å². The molecule has 0 spiro atoms. The fourth-order valence-corrected chi connectivity index (χ4v) is 1.26. The van der Waals surface area contributed by atoms with Gasteiger partial charge in [-0.25, -0.2) is 4.79 Å². The summed E-state index contributed by atoms with van der Waals surface area (Å²) >= 11 is 0. The van der Waals surface area contributed by atoms with E-state index in [-0.39, 0.29) is 6.61 Å². The Morgan fingerprint density at radius 2 is 2.07 bits per heavy atom. The smallest absolute Gasteiger partial charge is 0.373 e. The molecule has 4 nitrogen and oxygen atoms in total. The number of carbonyl (C=O) groups excluding carboxylic acids is 1. The lowest BCUT2D eigenvalue weighted by Gasteiger charge is -2.04. The van der Waals surface area contributed by atoms with Gasteiger partial charge in [-0.15, -0.1) is 0 Å². The molecule has 0 aromatic heterocycles. The van der Waals surface area contributed by atoms with Crippen molar-refractivity contribution in [3.63, 3.8) is 0 Å². The Morgan fingerprint density at radius 1 is 1.36 bits per heavy atom. The minimum absolute atomic E-state index is 0.0719. The van der Waals surface area contributed by atoms with E-state index in [2.05, 4.69) is 4.89 Å². The van der Waals surface area contributed by atoms with Gasteiger partial charge in [0.15, 0.2) is 0 Å². The predicted molar refractivity (Wildman–Crippen MR) is 49.9 cm³/mol. The highest BCUT2D eigenvalue weighted by atomic mass is 17.1. The number of hydrogen-bond donors (Lipinski definition) is 2. The van der Waals surface area contributed by atoms with Crippen molar-refractivity contribution in [3.05, 3.63) is 35.4 Å². The van der Waals surface area contributed by atoms with Gasteiger partial charge in [-0.3, -0.25) is 4.89 Å². The van der Waals surface area contributed by atoms with Crippen LogP contribution >= 0.6 is 0 Å². The average Bonchev–Trinajstić information content (AvgIpc) is 2.25. The van der Waals surface area contributed by atoms with E-state index in [1.54, 1.807) is 24.3 Å². The Hall–Kier alpha value is -1.39. The molecule has 0 saturated heterocycles. The highest BCUT2D eigenvalue weighted by Gasteiger charge is 2.11. The lowest BCUT2D eigenvalue weighted by molar-refractivity contribution is -0.182. The Kier molecular flexibility index (Phi) is 4.10. The molecule has 0 aliphatic heterocycles. The van der Waals surface area contributed by atoms with Crippen molar-refractivity contribution in [2.45, 2.75) is 12.8 Å². The van der Waals surface area contributed by atoms with E-state index in [9.17, 15) is 4.79 Å². The number of rotatable bonds is 4. The molecule has 1 aromatic rings. The predicted octanol–water partition coefficient (Wildman–Crippen LogP) is 1.24. The van der Waals surface area contributed by atoms with Crippen LogP contribution in [0.15, 0.2) is 24.3 Å². The van der Waals surface area contributed by atoms with E-state index in [1.165, 1.54) is 0 Å². The molecule has 0 bridgehead atoms. The SMILES string of the molecule is O=C(OO)c1ccccc1CCCO. The largest absolute Gasteiger partial charge is 0.396 e. The first-order valence-corrected chi connectivity index (χ1v) is 4.34. The Bertz CT molecular complexity index is 309. The second kappa shape index (κ2) is 5.36. The second-order valence-electron chi connectivity index (χ2n) is 2.86. The molecule has 1 aromatic carbocycles. The molecule has 0 aliphatic rings. The fraction of sp³-hybridized carbons (Fsp3) is 0.300. The van der Waals surface area contributed by atoms with Crippen LogP contribution in [0.4, 0.5) is 0 Å². The molecule has 1 rings (SSSR count). The summed E-state index contributed by atoms with van der Waals surface area (Å²) in [6.45, 7) is 0.0719. The van der Waals surface area contributed by atoms with Gasteiger partial charge in [-0.1, -0.05) is 18.2 Å². The van der Waals surface area contributed by atoms with E-state index in [0.717, 1.165) is 5.56 Å². The fourth-order valence-electron chi connectivity index (χ4n) is 1.26. The topological polar surface area (TPSA) is 66.8 Å². The van der Waals surface area contributed by atoms with Crippen molar-refractivity contribution in [1.82, 2.24) is 0 Å². The lowest BCUT2D eigenvalue weighted by atomic mass is 10.0. The second-order valence-corrected chi connectivity index (χ2v) is 2.86. The van der Waals surface area contributed by atoms with Crippen LogP contribution in [0.5, 0.6) is 0 Å². The summed E-state index contributed by atoms with van der Waals surface area (Å²) in [6, 6.07) is 6.82. The summed E-state index contributed by atoms with van der Waals surface area (Å²) in [5.74, 6) is -0.765. The van der Waals surface area contributed by atoms with Crippen molar-refractivity contribution < 1.29 is 20.0 Å². The van der Waals surface area contributed by atoms with Crippen molar-refractivity contribution in [2.24, 2.45) is 0 Å². The van der Waals surface area contributed by atoms with E-state index in [4.69, 9.17) is 10.4 Å². The van der Waals surface area contributed by atoms with Crippen LogP contribution in [0.2, 0.25) is 0 Å². The van der Waals surface area contributed by atoms with E-state index < -0.39 is 5.97 Å².